The molecule has 0 unspecified atom stereocenters. The predicted octanol–water partition coefficient (Wildman–Crippen LogP) is 1.02. The zero-order valence-electron chi connectivity index (χ0n) is 15.2. The molecule has 1 aromatic heterocycles. The van der Waals surface area contributed by atoms with Crippen molar-refractivity contribution in [1.29, 1.82) is 0 Å². The van der Waals surface area contributed by atoms with Gasteiger partial charge in [-0.25, -0.2) is 9.97 Å². The van der Waals surface area contributed by atoms with E-state index in [9.17, 15) is 9.59 Å². The molecule has 27 heavy (non-hydrogen) atoms. The van der Waals surface area contributed by atoms with Crippen molar-refractivity contribution in [3.05, 3.63) is 36.2 Å². The second kappa shape index (κ2) is 8.35. The van der Waals surface area contributed by atoms with Crippen molar-refractivity contribution in [2.24, 2.45) is 0 Å². The Morgan fingerprint density at radius 3 is 2.41 bits per heavy atom. The van der Waals surface area contributed by atoms with Crippen LogP contribution >= 0.6 is 0 Å². The average Bonchev–Trinajstić information content (AvgIpc) is 2.74. The summed E-state index contributed by atoms with van der Waals surface area (Å²) >= 11 is 0. The van der Waals surface area contributed by atoms with Gasteiger partial charge in [-0.15, -0.1) is 0 Å². The Morgan fingerprint density at radius 1 is 1.11 bits per heavy atom. The Kier molecular flexibility index (Phi) is 5.70. The number of anilines is 2. The van der Waals surface area contributed by atoms with Gasteiger partial charge >= 0.3 is 0 Å². The minimum atomic E-state index is -0.337. The van der Waals surface area contributed by atoms with E-state index >= 15 is 0 Å². The number of carbonyl (C=O) groups is 2. The Balaban J connectivity index is 1.67. The van der Waals surface area contributed by atoms with Gasteiger partial charge in [0.25, 0.3) is 5.91 Å². The summed E-state index contributed by atoms with van der Waals surface area (Å²) in [5.74, 6) is 1.33. The Labute approximate surface area is 156 Å². The summed E-state index contributed by atoms with van der Waals surface area (Å²) in [5.41, 5.74) is 0.862. The lowest BCUT2D eigenvalue weighted by Gasteiger charge is -2.32. The van der Waals surface area contributed by atoms with Crippen molar-refractivity contribution >= 4 is 24.0 Å². The summed E-state index contributed by atoms with van der Waals surface area (Å²) in [6, 6.07) is 5.13. The number of nitrogens with one attached hydrogen (secondary N) is 1. The first-order valence-corrected chi connectivity index (χ1v) is 8.44. The number of hydrogen-bond acceptors (Lipinski definition) is 7. The molecular formula is C18H21N5O4. The largest absolute Gasteiger partial charge is 0.497 e. The third-order valence-corrected chi connectivity index (χ3v) is 4.30. The van der Waals surface area contributed by atoms with Gasteiger partial charge < -0.3 is 24.6 Å². The average molecular weight is 371 g/mol. The van der Waals surface area contributed by atoms with E-state index in [-0.39, 0.29) is 5.91 Å². The number of methoxy groups -OCH3 is 2. The second-order valence-corrected chi connectivity index (χ2v) is 5.92. The van der Waals surface area contributed by atoms with Gasteiger partial charge in [0.1, 0.15) is 11.5 Å². The van der Waals surface area contributed by atoms with Crippen LogP contribution in [0.15, 0.2) is 30.6 Å². The number of nitrogens with zero attached hydrogens (tertiary/aromatic N) is 4. The lowest BCUT2D eigenvalue weighted by Crippen LogP contribution is -2.46. The standard InChI is InChI=1S/C18H21N5O4/c1-26-14-3-4-15(16(9-14)27-2)21-17(25)13-10-19-18(20-11-13)23-7-5-22(12-24)6-8-23/h3-4,9-12H,5-8H2,1-2H3,(H,21,25). The molecule has 2 heterocycles. The van der Waals surface area contributed by atoms with Crippen molar-refractivity contribution in [1.82, 2.24) is 14.9 Å². The van der Waals surface area contributed by atoms with E-state index in [0.717, 1.165) is 6.41 Å². The fourth-order valence-corrected chi connectivity index (χ4v) is 2.73. The smallest absolute Gasteiger partial charge is 0.258 e. The molecule has 1 fully saturated rings. The number of amides is 2. The zero-order chi connectivity index (χ0) is 19.2. The van der Waals surface area contributed by atoms with Gasteiger partial charge in [0.05, 0.1) is 25.5 Å². The summed E-state index contributed by atoms with van der Waals surface area (Å²) < 4.78 is 10.4. The third-order valence-electron chi connectivity index (χ3n) is 4.30. The van der Waals surface area contributed by atoms with E-state index < -0.39 is 0 Å². The van der Waals surface area contributed by atoms with E-state index in [4.69, 9.17) is 9.47 Å². The van der Waals surface area contributed by atoms with Crippen LogP contribution in [-0.4, -0.2) is 67.6 Å². The Hall–Kier alpha value is -3.36. The highest BCUT2D eigenvalue weighted by Gasteiger charge is 2.18. The van der Waals surface area contributed by atoms with Gasteiger partial charge in [-0.1, -0.05) is 0 Å². The van der Waals surface area contributed by atoms with Crippen LogP contribution < -0.4 is 19.7 Å². The number of hydrogen-bond donors (Lipinski definition) is 1. The first-order valence-electron chi connectivity index (χ1n) is 8.44. The van der Waals surface area contributed by atoms with Crippen LogP contribution in [0.25, 0.3) is 0 Å². The Bertz CT molecular complexity index is 804. The molecule has 0 radical (unpaired) electrons. The maximum atomic E-state index is 12.5. The molecule has 1 aliphatic rings. The number of aromatic nitrogens is 2. The summed E-state index contributed by atoms with van der Waals surface area (Å²) in [4.78, 5) is 35.5. The molecule has 9 heteroatoms. The van der Waals surface area contributed by atoms with Crippen molar-refractivity contribution in [3.63, 3.8) is 0 Å². The number of carbonyl (C=O) groups excluding carboxylic acids is 2. The highest BCUT2D eigenvalue weighted by molar-refractivity contribution is 6.04. The molecule has 142 valence electrons. The molecule has 0 saturated carbocycles. The van der Waals surface area contributed by atoms with E-state index in [1.165, 1.54) is 19.5 Å². The number of ether oxygens (including phenoxy) is 2. The molecule has 2 amide bonds. The van der Waals surface area contributed by atoms with Crippen molar-refractivity contribution in [2.45, 2.75) is 0 Å². The van der Waals surface area contributed by atoms with Gasteiger partial charge in [-0.3, -0.25) is 9.59 Å². The van der Waals surface area contributed by atoms with Gasteiger partial charge in [0.15, 0.2) is 0 Å². The van der Waals surface area contributed by atoms with Crippen LogP contribution in [0.5, 0.6) is 11.5 Å². The van der Waals surface area contributed by atoms with Crippen LogP contribution in [-0.2, 0) is 4.79 Å². The van der Waals surface area contributed by atoms with Crippen LogP contribution in [0.3, 0.4) is 0 Å². The van der Waals surface area contributed by atoms with Crippen LogP contribution in [0, 0.1) is 0 Å². The van der Waals surface area contributed by atoms with E-state index in [1.54, 1.807) is 30.2 Å². The molecule has 3 rings (SSSR count). The number of piperazine rings is 1. The van der Waals surface area contributed by atoms with Gasteiger partial charge in [-0.05, 0) is 12.1 Å². The van der Waals surface area contributed by atoms with E-state index in [1.807, 2.05) is 4.90 Å². The van der Waals surface area contributed by atoms with Crippen LogP contribution in [0.2, 0.25) is 0 Å². The SMILES string of the molecule is COc1ccc(NC(=O)c2cnc(N3CCN(C=O)CC3)nc2)c(OC)c1. The second-order valence-electron chi connectivity index (χ2n) is 5.92. The topological polar surface area (TPSA) is 96.9 Å². The summed E-state index contributed by atoms with van der Waals surface area (Å²) in [5, 5.41) is 2.78. The molecule has 1 N–H and O–H groups in total. The summed E-state index contributed by atoms with van der Waals surface area (Å²) in [7, 11) is 3.08. The van der Waals surface area contributed by atoms with Crippen LogP contribution in [0.1, 0.15) is 10.4 Å². The fourth-order valence-electron chi connectivity index (χ4n) is 2.73. The zero-order valence-corrected chi connectivity index (χ0v) is 15.2. The number of rotatable bonds is 6. The van der Waals surface area contributed by atoms with Gasteiger partial charge in [0.2, 0.25) is 12.4 Å². The first-order chi connectivity index (χ1) is 13.1. The molecule has 9 nitrogen and oxygen atoms in total. The molecule has 2 aromatic rings. The van der Waals surface area contributed by atoms with E-state index in [0.29, 0.717) is 54.9 Å². The normalized spacial score (nSPS) is 13.9. The van der Waals surface area contributed by atoms with E-state index in [2.05, 4.69) is 15.3 Å². The maximum Gasteiger partial charge on any atom is 0.258 e. The fraction of sp³-hybridized carbons (Fsp3) is 0.333. The van der Waals surface area contributed by atoms with Crippen molar-refractivity contribution < 1.29 is 19.1 Å². The lowest BCUT2D eigenvalue weighted by atomic mass is 10.2. The van der Waals surface area contributed by atoms with Gasteiger partial charge in [0, 0.05) is 44.6 Å². The number of benzene rings is 1. The quantitative estimate of drug-likeness (QED) is 0.757. The minimum absolute atomic E-state index is 0.336. The molecule has 1 aliphatic heterocycles. The molecule has 0 aliphatic carbocycles. The monoisotopic (exact) mass is 371 g/mol. The highest BCUT2D eigenvalue weighted by Crippen LogP contribution is 2.29. The van der Waals surface area contributed by atoms with Crippen molar-refractivity contribution in [3.8, 4) is 11.5 Å². The predicted molar refractivity (Wildman–Crippen MR) is 99.4 cm³/mol. The summed E-state index contributed by atoms with van der Waals surface area (Å²) in [6.07, 6.45) is 3.82. The Morgan fingerprint density at radius 2 is 1.81 bits per heavy atom. The lowest BCUT2D eigenvalue weighted by molar-refractivity contribution is -0.118. The highest BCUT2D eigenvalue weighted by atomic mass is 16.5. The van der Waals surface area contributed by atoms with Crippen molar-refractivity contribution in [2.75, 3.05) is 50.6 Å². The first kappa shape index (κ1) is 18.4. The summed E-state index contributed by atoms with van der Waals surface area (Å²) in [6.45, 7) is 2.58. The molecule has 0 bridgehead atoms. The molecule has 0 spiro atoms. The minimum Gasteiger partial charge on any atom is -0.497 e. The van der Waals surface area contributed by atoms with Crippen LogP contribution in [0.4, 0.5) is 11.6 Å². The molecule has 0 atom stereocenters. The maximum absolute atomic E-state index is 12.5. The third kappa shape index (κ3) is 4.25. The molecular weight excluding hydrogens is 350 g/mol. The molecule has 1 saturated heterocycles. The van der Waals surface area contributed by atoms with Gasteiger partial charge in [-0.2, -0.15) is 0 Å². The molecule has 1 aromatic carbocycles.